The van der Waals surface area contributed by atoms with E-state index < -0.39 is 168 Å². The fourth-order valence-corrected chi connectivity index (χ4v) is 14.5. The van der Waals surface area contributed by atoms with Crippen molar-refractivity contribution in [3.05, 3.63) is 35.4 Å². The van der Waals surface area contributed by atoms with Gasteiger partial charge in [-0.15, -0.1) is 0 Å². The minimum atomic E-state index is -1.45. The number of carbonyl (C=O) groups is 13. The molecule has 608 valence electrons. The topological polar surface area (TPSA) is 667 Å². The lowest BCUT2D eigenvalue weighted by Gasteiger charge is -2.40. The van der Waals surface area contributed by atoms with Gasteiger partial charge in [-0.05, 0) is 93.6 Å². The summed E-state index contributed by atoms with van der Waals surface area (Å²) in [5, 5.41) is 29.3. The molecule has 2 heterocycles. The zero-order valence-corrected chi connectivity index (χ0v) is 64.5. The van der Waals surface area contributed by atoms with Gasteiger partial charge >= 0.3 is 0 Å². The first-order valence-corrected chi connectivity index (χ1v) is 39.4. The standard InChI is InChI=1S/C68H116N26O13S2/c1-6-36(3)52-63(106)85-38(5)55(98)87-45(24-16-28-82-68(77)78)60(103)93-53(37(4)7-2)64(107)94-33-41-20-12-11-19-40(41)30-49(94)62(105)88-44(23-15-27-81-67(75)76)58(101)90-47(54(70)97)34-108-109-35-48(91-56(99)42(69)21-13-25-79-65(71)72)61(104)89-46(29-39-17-9-8-10-18-39)57(100)84-31-50(95)83-32-51(96)86-43(59(102)92-52)22-14-26-80-66(73)74/h11-12,19-20,36-39,42-49,52-53H,6-10,13-18,21-35,69H2,1-5H3,(H2,70,97)(H,83,95)(H,84,100)(H,85,106)(H,86,96)(H,87,98)(H,88,105)(H,89,104)(H,90,101)(H,91,99)(H,92,102)(H,93,103)(H4,71,72,79)(H4,73,74,80)(H4,75,76,81)(H4,77,78,82)/t36-,37-,38-,42-,43-,44-,45-,46-,47-,48-,49-,52-,53-/m0/s1. The molecule has 13 amide bonds. The number of nitrogens with one attached hydrogen (secondary N) is 11. The van der Waals surface area contributed by atoms with Crippen LogP contribution in [-0.4, -0.2) is 223 Å². The second-order valence-corrected chi connectivity index (χ2v) is 30.0. The van der Waals surface area contributed by atoms with Crippen LogP contribution in [0.5, 0.6) is 0 Å². The highest BCUT2D eigenvalue weighted by Crippen LogP contribution is 2.30. The van der Waals surface area contributed by atoms with Gasteiger partial charge in [-0.2, -0.15) is 0 Å². The Hall–Kier alpha value is -9.93. The molecule has 41 heteroatoms. The third-order valence-corrected chi connectivity index (χ3v) is 21.3. The van der Waals surface area contributed by atoms with Crippen molar-refractivity contribution in [3.8, 4) is 0 Å². The molecule has 2 aliphatic heterocycles. The Labute approximate surface area is 643 Å². The molecule has 0 aromatic heterocycles. The molecule has 3 aliphatic rings. The van der Waals surface area contributed by atoms with Crippen LogP contribution in [0.2, 0.25) is 0 Å². The number of fused-ring (bicyclic) bond motifs is 2. The number of hydrogen-bond acceptors (Lipinski definition) is 20. The zero-order valence-electron chi connectivity index (χ0n) is 62.9. The molecule has 1 saturated heterocycles. The van der Waals surface area contributed by atoms with Gasteiger partial charge < -0.3 is 121 Å². The second kappa shape index (κ2) is 47.8. The molecule has 1 aliphatic carbocycles. The van der Waals surface area contributed by atoms with Crippen molar-refractivity contribution in [1.29, 1.82) is 0 Å². The molecule has 109 heavy (non-hydrogen) atoms. The van der Waals surface area contributed by atoms with Crippen LogP contribution in [0.15, 0.2) is 44.2 Å². The zero-order chi connectivity index (χ0) is 80.9. The summed E-state index contributed by atoms with van der Waals surface area (Å²) in [5.74, 6) is -13.6. The predicted octanol–water partition coefficient (Wildman–Crippen LogP) is -5.96. The number of hydrogen-bond donors (Lipinski definition) is 21. The maximum absolute atomic E-state index is 15.5. The van der Waals surface area contributed by atoms with Crippen molar-refractivity contribution >= 4 is 122 Å². The van der Waals surface area contributed by atoms with Gasteiger partial charge in [0.2, 0.25) is 76.8 Å². The molecule has 13 atom stereocenters. The summed E-state index contributed by atoms with van der Waals surface area (Å²) in [4.78, 5) is 204. The van der Waals surface area contributed by atoms with E-state index in [2.05, 4.69) is 78.5 Å². The minimum absolute atomic E-state index is 0.00290. The number of guanidine groups is 4. The van der Waals surface area contributed by atoms with Crippen LogP contribution in [0.1, 0.15) is 148 Å². The monoisotopic (exact) mass is 1570 g/mol. The van der Waals surface area contributed by atoms with Gasteiger partial charge in [0.05, 0.1) is 19.1 Å². The molecule has 31 N–H and O–H groups in total. The van der Waals surface area contributed by atoms with Gasteiger partial charge in [-0.3, -0.25) is 82.3 Å². The Bertz CT molecular complexity index is 3380. The summed E-state index contributed by atoms with van der Waals surface area (Å²) in [5.41, 5.74) is 58.2. The van der Waals surface area contributed by atoms with E-state index in [1.165, 1.54) is 11.8 Å². The maximum atomic E-state index is 15.5. The number of aliphatic imine (C=N–C) groups is 4. The molecule has 1 aromatic carbocycles. The highest BCUT2D eigenvalue weighted by atomic mass is 33.1. The SMILES string of the molecule is CC[C@H](C)[C@@H]1NC(=O)[C@H](CCCN=C(N)N)NC(=O)CNC(=O)CNC(=O)[C@H](CC2CCCCC2)NC(=O)[C@@H](NC(=O)[C@@H](N)CCCN=C(N)N)CSSC[C@@H](C(N)=O)NC(=O)[C@H](CCCN=C(N)N)NC(=O)[C@@H]2Cc3ccccc3CN2C(=O)[C@H]([C@@H](C)CC)NC(=O)[C@H](CCCN=C(N)N)NC(=O)[C@H](C)NC1=O. The smallest absolute Gasteiger partial charge is 0.246 e. The molecule has 4 rings (SSSR count). The number of nitrogens with zero attached hydrogens (tertiary/aromatic N) is 5. The summed E-state index contributed by atoms with van der Waals surface area (Å²) < 4.78 is 0. The van der Waals surface area contributed by atoms with Crippen LogP contribution in [0.25, 0.3) is 0 Å². The lowest BCUT2D eigenvalue weighted by molar-refractivity contribution is -0.146. The molecule has 1 aromatic rings. The first kappa shape index (κ1) is 91.5. The summed E-state index contributed by atoms with van der Waals surface area (Å²) in [6.07, 6.45) is 5.15. The molecular weight excluding hydrogens is 1450 g/mol. The number of nitrogens with two attached hydrogens (primary N) is 10. The number of rotatable bonds is 25. The number of benzene rings is 1. The van der Waals surface area contributed by atoms with E-state index in [-0.39, 0.29) is 138 Å². The average Bonchev–Trinajstić information content (AvgIpc) is 0.782. The number of carbonyl (C=O) groups excluding carboxylic acids is 13. The lowest BCUT2D eigenvalue weighted by atomic mass is 9.84. The van der Waals surface area contributed by atoms with E-state index in [1.807, 2.05) is 0 Å². The number of primary amides is 1. The van der Waals surface area contributed by atoms with E-state index in [1.54, 1.807) is 52.0 Å². The van der Waals surface area contributed by atoms with Gasteiger partial charge in [-0.25, -0.2) is 0 Å². The van der Waals surface area contributed by atoms with Crippen LogP contribution in [0.3, 0.4) is 0 Å². The quantitative estimate of drug-likeness (QED) is 0.0188. The third kappa shape index (κ3) is 32.8. The Morgan fingerprint density at radius 2 is 1.02 bits per heavy atom. The van der Waals surface area contributed by atoms with Gasteiger partial charge in [0, 0.05) is 50.7 Å². The fraction of sp³-hybridized carbons (Fsp3) is 0.662. The van der Waals surface area contributed by atoms with Crippen molar-refractivity contribution < 1.29 is 62.3 Å². The van der Waals surface area contributed by atoms with Gasteiger partial charge in [0.15, 0.2) is 23.8 Å². The maximum Gasteiger partial charge on any atom is 0.246 e. The predicted molar refractivity (Wildman–Crippen MR) is 415 cm³/mol. The average molecular weight is 1570 g/mol. The first-order chi connectivity index (χ1) is 51.7. The Morgan fingerprint density at radius 3 is 1.57 bits per heavy atom. The van der Waals surface area contributed by atoms with Gasteiger partial charge in [0.1, 0.15) is 60.4 Å². The van der Waals surface area contributed by atoms with Crippen molar-refractivity contribution in [1.82, 2.24) is 63.4 Å². The second-order valence-electron chi connectivity index (χ2n) is 27.5. The summed E-state index contributed by atoms with van der Waals surface area (Å²) >= 11 is 0. The molecule has 0 spiro atoms. The first-order valence-electron chi connectivity index (χ1n) is 36.9. The minimum Gasteiger partial charge on any atom is -0.370 e. The van der Waals surface area contributed by atoms with E-state index >= 15 is 9.59 Å². The van der Waals surface area contributed by atoms with Crippen molar-refractivity contribution in [3.63, 3.8) is 0 Å². The summed E-state index contributed by atoms with van der Waals surface area (Å²) in [7, 11) is 1.95. The highest BCUT2D eigenvalue weighted by Gasteiger charge is 2.42. The molecular formula is C68H116N26O13S2. The normalized spacial score (nSPS) is 24.4. The van der Waals surface area contributed by atoms with Gasteiger partial charge in [-0.1, -0.05) is 118 Å². The van der Waals surface area contributed by atoms with E-state index in [0.717, 1.165) is 53.7 Å². The molecule has 1 saturated carbocycles. The highest BCUT2D eigenvalue weighted by molar-refractivity contribution is 8.76. The summed E-state index contributed by atoms with van der Waals surface area (Å²) in [6.45, 7) is 6.86. The van der Waals surface area contributed by atoms with Crippen LogP contribution in [0.4, 0.5) is 0 Å². The van der Waals surface area contributed by atoms with E-state index in [0.29, 0.717) is 24.0 Å². The summed E-state index contributed by atoms with van der Waals surface area (Å²) in [6, 6.07) is -7.91. The molecule has 0 unspecified atom stereocenters. The van der Waals surface area contributed by atoms with Crippen LogP contribution >= 0.6 is 21.6 Å². The van der Waals surface area contributed by atoms with Crippen molar-refractivity contribution in [2.24, 2.45) is 95.1 Å². The van der Waals surface area contributed by atoms with Crippen LogP contribution in [-0.2, 0) is 75.3 Å². The molecule has 39 nitrogen and oxygen atoms in total. The lowest BCUT2D eigenvalue weighted by Crippen LogP contribution is -2.62. The van der Waals surface area contributed by atoms with Crippen LogP contribution < -0.4 is 116 Å². The van der Waals surface area contributed by atoms with Crippen molar-refractivity contribution in [2.45, 2.75) is 217 Å². The van der Waals surface area contributed by atoms with Crippen molar-refractivity contribution in [2.75, 3.05) is 50.8 Å². The molecule has 2 fully saturated rings. The van der Waals surface area contributed by atoms with Gasteiger partial charge in [0.25, 0.3) is 0 Å². The van der Waals surface area contributed by atoms with Crippen LogP contribution in [0, 0.1) is 17.8 Å². The number of amides is 13. The Balaban J connectivity index is 1.85. The third-order valence-electron chi connectivity index (χ3n) is 18.9. The van der Waals surface area contributed by atoms with E-state index in [9.17, 15) is 52.7 Å². The van der Waals surface area contributed by atoms with E-state index in [4.69, 9.17) is 57.3 Å². The molecule has 0 radical (unpaired) electrons. The fourth-order valence-electron chi connectivity index (χ4n) is 12.2. The Morgan fingerprint density at radius 1 is 0.532 bits per heavy atom. The largest absolute Gasteiger partial charge is 0.370 e. The Kier molecular flexibility index (Phi) is 40.1. The molecule has 0 bridgehead atoms.